The van der Waals surface area contributed by atoms with Gasteiger partial charge in [-0.1, -0.05) is 127 Å². The summed E-state index contributed by atoms with van der Waals surface area (Å²) in [5, 5.41) is 9.46. The summed E-state index contributed by atoms with van der Waals surface area (Å²) in [6.45, 7) is 0. The van der Waals surface area contributed by atoms with E-state index in [9.17, 15) is 0 Å². The van der Waals surface area contributed by atoms with Gasteiger partial charge < -0.3 is 0 Å². The van der Waals surface area contributed by atoms with Crippen LogP contribution >= 0.6 is 0 Å². The normalized spacial score (nSPS) is 11.8. The molecule has 12 aromatic rings. The number of hydrogen-bond donors (Lipinski definition) is 0. The number of benzene rings is 9. The number of aromatic nitrogens is 7. The van der Waals surface area contributed by atoms with Gasteiger partial charge in [-0.3, -0.25) is 9.13 Å². The third kappa shape index (κ3) is 4.97. The first-order valence-electron chi connectivity index (χ1n) is 19.3. The van der Waals surface area contributed by atoms with Crippen LogP contribution in [-0.4, -0.2) is 34.1 Å². The largest absolute Gasteiger partial charge is 0.298 e. The minimum atomic E-state index is 0.602. The molecule has 0 spiro atoms. The van der Waals surface area contributed by atoms with Gasteiger partial charge in [-0.2, -0.15) is 0 Å². The van der Waals surface area contributed by atoms with Crippen molar-refractivity contribution in [1.82, 2.24) is 34.1 Å². The fourth-order valence-electron chi connectivity index (χ4n) is 8.59. The lowest BCUT2D eigenvalue weighted by molar-refractivity contribution is 1.07. The predicted octanol–water partition coefficient (Wildman–Crippen LogP) is 12.2. The molecule has 7 heteroatoms. The molecule has 0 N–H and O–H groups in total. The fourth-order valence-corrected chi connectivity index (χ4v) is 8.59. The molecule has 0 saturated carbocycles. The minimum absolute atomic E-state index is 0.602. The summed E-state index contributed by atoms with van der Waals surface area (Å²) in [5.41, 5.74) is 8.88. The van der Waals surface area contributed by atoms with Crippen LogP contribution in [0.15, 0.2) is 189 Å². The zero-order valence-electron chi connectivity index (χ0n) is 31.0. The Kier molecular flexibility index (Phi) is 7.09. The topological polar surface area (TPSA) is 74.3 Å². The van der Waals surface area contributed by atoms with Crippen LogP contribution in [0.4, 0.5) is 0 Å². The maximum Gasteiger partial charge on any atom is 0.164 e. The van der Waals surface area contributed by atoms with Crippen molar-refractivity contribution in [2.45, 2.75) is 0 Å². The van der Waals surface area contributed by atoms with Crippen molar-refractivity contribution in [2.24, 2.45) is 0 Å². The second-order valence-corrected chi connectivity index (χ2v) is 14.6. The van der Waals surface area contributed by atoms with Gasteiger partial charge in [0.15, 0.2) is 17.5 Å². The number of hydrogen-bond acceptors (Lipinski definition) is 5. The summed E-state index contributed by atoms with van der Waals surface area (Å²) >= 11 is 0. The molecule has 0 saturated heterocycles. The van der Waals surface area contributed by atoms with Crippen molar-refractivity contribution >= 4 is 65.2 Å². The first kappa shape index (κ1) is 32.2. The Balaban J connectivity index is 0.952. The third-order valence-electron chi connectivity index (χ3n) is 11.3. The highest BCUT2D eigenvalue weighted by Gasteiger charge is 2.18. The smallest absolute Gasteiger partial charge is 0.164 e. The average molecular weight is 742 g/mol. The number of nitrogens with zero attached hydrogens (tertiary/aromatic N) is 7. The standard InChI is InChI=1S/C51H31N7/c1-2-12-32(13-3-1)49-54-50(33-22-26-35(27-23-33)57-30-52-45-41-18-8-4-14-37(41)39-16-6-10-20-43(39)47(45)57)56-51(55-49)34-24-28-36(29-25-34)58-31-53-46-42-19-9-5-15-38(42)40-17-7-11-21-44(40)48(46)58/h1-31H. The number of fused-ring (bicyclic) bond motifs is 12. The molecule has 9 aromatic carbocycles. The molecule has 0 amide bonds. The van der Waals surface area contributed by atoms with Crippen LogP contribution in [0.25, 0.3) is 111 Å². The van der Waals surface area contributed by atoms with Crippen LogP contribution in [0.2, 0.25) is 0 Å². The lowest BCUT2D eigenvalue weighted by Gasteiger charge is -2.12. The molecular weight excluding hydrogens is 711 g/mol. The molecule has 0 aliphatic heterocycles. The highest BCUT2D eigenvalue weighted by molar-refractivity contribution is 6.24. The van der Waals surface area contributed by atoms with Crippen molar-refractivity contribution in [3.63, 3.8) is 0 Å². The van der Waals surface area contributed by atoms with Crippen LogP contribution in [0.5, 0.6) is 0 Å². The zero-order valence-corrected chi connectivity index (χ0v) is 31.0. The predicted molar refractivity (Wildman–Crippen MR) is 235 cm³/mol. The summed E-state index contributed by atoms with van der Waals surface area (Å²) in [6, 6.07) is 61.0. The molecule has 0 radical (unpaired) electrons. The van der Waals surface area contributed by atoms with Gasteiger partial charge in [0.25, 0.3) is 0 Å². The van der Waals surface area contributed by atoms with Crippen LogP contribution in [-0.2, 0) is 0 Å². The Hall–Kier alpha value is -8.03. The molecule has 0 aliphatic rings. The maximum atomic E-state index is 5.07. The molecule has 0 unspecified atom stereocenters. The Morgan fingerprint density at radius 2 is 0.586 bits per heavy atom. The van der Waals surface area contributed by atoms with Gasteiger partial charge in [0.1, 0.15) is 12.7 Å². The molecule has 7 nitrogen and oxygen atoms in total. The van der Waals surface area contributed by atoms with E-state index in [1.54, 1.807) is 0 Å². The number of rotatable bonds is 5. The molecule has 0 atom stereocenters. The summed E-state index contributed by atoms with van der Waals surface area (Å²) < 4.78 is 4.36. The van der Waals surface area contributed by atoms with Gasteiger partial charge in [-0.05, 0) is 70.1 Å². The first-order chi connectivity index (χ1) is 28.8. The average Bonchev–Trinajstić information content (AvgIpc) is 3.96. The van der Waals surface area contributed by atoms with Gasteiger partial charge in [-0.15, -0.1) is 0 Å². The molecule has 0 bridgehead atoms. The van der Waals surface area contributed by atoms with Crippen LogP contribution in [0.1, 0.15) is 0 Å². The molecule has 270 valence electrons. The van der Waals surface area contributed by atoms with Gasteiger partial charge in [0, 0.05) is 49.6 Å². The van der Waals surface area contributed by atoms with Crippen LogP contribution in [0.3, 0.4) is 0 Å². The second-order valence-electron chi connectivity index (χ2n) is 14.6. The molecular formula is C51H31N7. The Morgan fingerprint density at radius 1 is 0.276 bits per heavy atom. The summed E-state index contributed by atoms with van der Waals surface area (Å²) in [4.78, 5) is 25.0. The van der Waals surface area contributed by atoms with Gasteiger partial charge in [0.05, 0.1) is 22.1 Å². The molecule has 3 heterocycles. The van der Waals surface area contributed by atoms with E-state index in [0.29, 0.717) is 17.5 Å². The van der Waals surface area contributed by atoms with E-state index < -0.39 is 0 Å². The van der Waals surface area contributed by atoms with Crippen LogP contribution in [0, 0.1) is 0 Å². The summed E-state index contributed by atoms with van der Waals surface area (Å²) in [6.07, 6.45) is 3.85. The Morgan fingerprint density at radius 3 is 0.983 bits per heavy atom. The van der Waals surface area contributed by atoms with Crippen molar-refractivity contribution in [1.29, 1.82) is 0 Å². The lowest BCUT2D eigenvalue weighted by Crippen LogP contribution is -2.01. The summed E-state index contributed by atoms with van der Waals surface area (Å²) in [7, 11) is 0. The highest BCUT2D eigenvalue weighted by Crippen LogP contribution is 2.37. The lowest BCUT2D eigenvalue weighted by atomic mass is 10.00. The van der Waals surface area contributed by atoms with Gasteiger partial charge >= 0.3 is 0 Å². The van der Waals surface area contributed by atoms with Crippen molar-refractivity contribution in [3.05, 3.63) is 189 Å². The molecule has 3 aromatic heterocycles. The van der Waals surface area contributed by atoms with Crippen molar-refractivity contribution < 1.29 is 0 Å². The fraction of sp³-hybridized carbons (Fsp3) is 0. The minimum Gasteiger partial charge on any atom is -0.298 e. The van der Waals surface area contributed by atoms with Gasteiger partial charge in [-0.25, -0.2) is 24.9 Å². The van der Waals surface area contributed by atoms with Crippen molar-refractivity contribution in [2.75, 3.05) is 0 Å². The van der Waals surface area contributed by atoms with Gasteiger partial charge in [0.2, 0.25) is 0 Å². The van der Waals surface area contributed by atoms with E-state index in [1.165, 1.54) is 32.3 Å². The van der Waals surface area contributed by atoms with E-state index in [0.717, 1.165) is 60.9 Å². The van der Waals surface area contributed by atoms with E-state index in [1.807, 2.05) is 43.0 Å². The molecule has 12 rings (SSSR count). The second kappa shape index (κ2) is 12.8. The monoisotopic (exact) mass is 741 g/mol. The zero-order chi connectivity index (χ0) is 38.2. The van der Waals surface area contributed by atoms with Crippen LogP contribution < -0.4 is 0 Å². The highest BCUT2D eigenvalue weighted by atomic mass is 15.1. The summed E-state index contributed by atoms with van der Waals surface area (Å²) in [5.74, 6) is 1.82. The molecule has 0 aliphatic carbocycles. The van der Waals surface area contributed by atoms with E-state index in [-0.39, 0.29) is 0 Å². The maximum absolute atomic E-state index is 5.07. The Bertz CT molecular complexity index is 3330. The van der Waals surface area contributed by atoms with Crippen molar-refractivity contribution in [3.8, 4) is 45.5 Å². The Labute approximate surface area is 332 Å². The number of imidazole rings is 2. The quantitative estimate of drug-likeness (QED) is 0.164. The third-order valence-corrected chi connectivity index (χ3v) is 11.3. The van der Waals surface area contributed by atoms with E-state index in [4.69, 9.17) is 24.9 Å². The molecule has 0 fully saturated rings. The first-order valence-corrected chi connectivity index (χ1v) is 19.3. The molecule has 58 heavy (non-hydrogen) atoms. The van der Waals surface area contributed by atoms with E-state index in [2.05, 4.69) is 155 Å². The van der Waals surface area contributed by atoms with E-state index >= 15 is 0 Å². The SMILES string of the molecule is c1ccc(-c2nc(-c3ccc(-n4cnc5c6ccccc6c6ccccc6c54)cc3)nc(-c3ccc(-n4cnc5c6ccccc6c6ccccc6c54)cc3)n2)cc1.